The molecule has 0 fully saturated rings. The van der Waals surface area contributed by atoms with Gasteiger partial charge in [-0.05, 0) is 23.1 Å². The van der Waals surface area contributed by atoms with E-state index in [1.54, 1.807) is 0 Å². The first-order valence-corrected chi connectivity index (χ1v) is 7.57. The number of hydrogen-bond acceptors (Lipinski definition) is 2. The summed E-state index contributed by atoms with van der Waals surface area (Å²) in [5.41, 5.74) is 4.12. The van der Waals surface area contributed by atoms with Crippen LogP contribution in [0, 0.1) is 11.3 Å². The molecule has 0 atom stereocenters. The first-order valence-electron chi connectivity index (χ1n) is 7.57. The first-order chi connectivity index (χ1) is 11.2. The Morgan fingerprint density at radius 2 is 1.52 bits per heavy atom. The number of benzene rings is 3. The summed E-state index contributed by atoms with van der Waals surface area (Å²) >= 11 is 0. The predicted molar refractivity (Wildman–Crippen MR) is 96.7 cm³/mol. The molecule has 112 valence electrons. The molecular weight excluding hydrogens is 280 g/mol. The maximum absolute atomic E-state index is 9.33. The van der Waals surface area contributed by atoms with Crippen LogP contribution in [-0.4, -0.2) is 19.0 Å². The van der Waals surface area contributed by atoms with Crippen LogP contribution in [0.15, 0.2) is 66.7 Å². The van der Waals surface area contributed by atoms with Crippen LogP contribution in [0.1, 0.15) is 16.7 Å². The van der Waals surface area contributed by atoms with Crippen molar-refractivity contribution in [2.75, 3.05) is 14.1 Å². The lowest BCUT2D eigenvalue weighted by Crippen LogP contribution is -2.10. The van der Waals surface area contributed by atoms with Crippen molar-refractivity contribution < 1.29 is 0 Å². The average molecular weight is 298 g/mol. The van der Waals surface area contributed by atoms with Gasteiger partial charge in [-0.3, -0.25) is 0 Å². The highest BCUT2D eigenvalue weighted by atomic mass is 15.1. The molecule has 0 saturated carbocycles. The molecule has 3 rings (SSSR count). The highest BCUT2D eigenvalue weighted by Gasteiger charge is 2.11. The molecular formula is C21H18N2. The van der Waals surface area contributed by atoms with Crippen molar-refractivity contribution in [3.63, 3.8) is 0 Å². The minimum absolute atomic E-state index is 0.710. The van der Waals surface area contributed by atoms with E-state index in [0.717, 1.165) is 27.6 Å². The van der Waals surface area contributed by atoms with Crippen LogP contribution in [-0.2, 0) is 0 Å². The van der Waals surface area contributed by atoms with Gasteiger partial charge in [0.25, 0.3) is 0 Å². The fourth-order valence-corrected chi connectivity index (χ4v) is 2.77. The van der Waals surface area contributed by atoms with Gasteiger partial charge < -0.3 is 4.90 Å². The van der Waals surface area contributed by atoms with Crippen molar-refractivity contribution in [3.8, 4) is 6.07 Å². The Morgan fingerprint density at radius 1 is 0.870 bits per heavy atom. The minimum atomic E-state index is 0.710. The zero-order valence-corrected chi connectivity index (χ0v) is 13.3. The molecule has 0 aromatic heterocycles. The Bertz CT molecular complexity index is 900. The zero-order valence-electron chi connectivity index (χ0n) is 13.3. The van der Waals surface area contributed by atoms with Crippen LogP contribution in [0.25, 0.3) is 22.5 Å². The molecule has 3 aromatic rings. The summed E-state index contributed by atoms with van der Waals surface area (Å²) in [6, 6.07) is 24.6. The minimum Gasteiger partial charge on any atom is -0.377 e. The lowest BCUT2D eigenvalue weighted by atomic mass is 9.97. The van der Waals surface area contributed by atoms with Gasteiger partial charge in [-0.2, -0.15) is 5.26 Å². The molecule has 2 nitrogen and oxygen atoms in total. The van der Waals surface area contributed by atoms with Gasteiger partial charge in [-0.25, -0.2) is 0 Å². The van der Waals surface area contributed by atoms with Crippen LogP contribution < -0.4 is 0 Å². The van der Waals surface area contributed by atoms with E-state index in [1.165, 1.54) is 0 Å². The van der Waals surface area contributed by atoms with Crippen molar-refractivity contribution in [2.45, 2.75) is 0 Å². The van der Waals surface area contributed by atoms with E-state index >= 15 is 0 Å². The Hall–Kier alpha value is -3.05. The first kappa shape index (κ1) is 14.9. The summed E-state index contributed by atoms with van der Waals surface area (Å²) in [5, 5.41) is 11.4. The third-order valence-corrected chi connectivity index (χ3v) is 3.91. The summed E-state index contributed by atoms with van der Waals surface area (Å²) in [5.74, 6) is 0. The molecule has 0 radical (unpaired) electrons. The summed E-state index contributed by atoms with van der Waals surface area (Å²) in [4.78, 5) is 2.11. The number of rotatable bonds is 3. The molecule has 3 aromatic carbocycles. The topological polar surface area (TPSA) is 27.0 Å². The van der Waals surface area contributed by atoms with Gasteiger partial charge in [0.1, 0.15) is 0 Å². The average Bonchev–Trinajstić information content (AvgIpc) is 2.59. The van der Waals surface area contributed by atoms with Crippen LogP contribution in [0.3, 0.4) is 0 Å². The fraction of sp³-hybridized carbons (Fsp3) is 0.0952. The maximum atomic E-state index is 9.33. The van der Waals surface area contributed by atoms with E-state index < -0.39 is 0 Å². The van der Waals surface area contributed by atoms with Crippen molar-refractivity contribution >= 4 is 22.5 Å². The van der Waals surface area contributed by atoms with E-state index in [4.69, 9.17) is 0 Å². The normalized spacial score (nSPS) is 11.3. The van der Waals surface area contributed by atoms with Gasteiger partial charge in [0, 0.05) is 30.7 Å². The van der Waals surface area contributed by atoms with Gasteiger partial charge in [0.15, 0.2) is 0 Å². The second-order valence-electron chi connectivity index (χ2n) is 5.65. The van der Waals surface area contributed by atoms with Gasteiger partial charge in [-0.15, -0.1) is 0 Å². The number of nitrogens with zero attached hydrogens (tertiary/aromatic N) is 2. The van der Waals surface area contributed by atoms with E-state index in [0.29, 0.717) is 5.56 Å². The lowest BCUT2D eigenvalue weighted by molar-refractivity contribution is 0.595. The quantitative estimate of drug-likeness (QED) is 0.651. The lowest BCUT2D eigenvalue weighted by Gasteiger charge is -2.20. The molecule has 2 heteroatoms. The molecule has 0 heterocycles. The largest absolute Gasteiger partial charge is 0.377 e. The maximum Gasteiger partial charge on any atom is 0.0998 e. The van der Waals surface area contributed by atoms with Crippen LogP contribution in [0.4, 0.5) is 0 Å². The molecule has 0 aliphatic rings. The molecule has 0 unspecified atom stereocenters. The summed E-state index contributed by atoms with van der Waals surface area (Å²) < 4.78 is 0. The van der Waals surface area contributed by atoms with Crippen molar-refractivity contribution in [1.82, 2.24) is 4.90 Å². The molecule has 0 bridgehead atoms. The van der Waals surface area contributed by atoms with E-state index in [-0.39, 0.29) is 0 Å². The number of nitriles is 1. The Balaban J connectivity index is 2.25. The SMILES string of the molecule is CN(C)C(=Cc1ccccc1)c1ccc(C#N)c2ccccc12. The second kappa shape index (κ2) is 6.37. The third kappa shape index (κ3) is 2.95. The molecule has 0 aliphatic heterocycles. The van der Waals surface area contributed by atoms with Gasteiger partial charge in [0.05, 0.1) is 11.6 Å². The third-order valence-electron chi connectivity index (χ3n) is 3.91. The summed E-state index contributed by atoms with van der Waals surface area (Å²) in [6.07, 6.45) is 2.17. The Labute approximate surface area is 136 Å². The van der Waals surface area contributed by atoms with Crippen LogP contribution in [0.2, 0.25) is 0 Å². The zero-order chi connectivity index (χ0) is 16.2. The van der Waals surface area contributed by atoms with E-state index in [1.807, 2.05) is 62.6 Å². The van der Waals surface area contributed by atoms with Gasteiger partial charge in [-0.1, -0.05) is 60.7 Å². The van der Waals surface area contributed by atoms with Gasteiger partial charge in [0.2, 0.25) is 0 Å². The van der Waals surface area contributed by atoms with Crippen LogP contribution >= 0.6 is 0 Å². The standard InChI is InChI=1S/C21H18N2/c1-23(2)21(14-16-8-4-3-5-9-16)20-13-12-17(15-22)18-10-6-7-11-19(18)20/h3-14H,1-2H3. The van der Waals surface area contributed by atoms with Crippen molar-refractivity contribution in [2.24, 2.45) is 0 Å². The molecule has 0 N–H and O–H groups in total. The monoisotopic (exact) mass is 298 g/mol. The highest BCUT2D eigenvalue weighted by molar-refractivity contribution is 5.99. The fourth-order valence-electron chi connectivity index (χ4n) is 2.77. The molecule has 23 heavy (non-hydrogen) atoms. The Morgan fingerprint density at radius 3 is 2.17 bits per heavy atom. The number of fused-ring (bicyclic) bond motifs is 1. The number of hydrogen-bond donors (Lipinski definition) is 0. The molecule has 0 saturated heterocycles. The Kier molecular flexibility index (Phi) is 4.12. The van der Waals surface area contributed by atoms with Crippen molar-refractivity contribution in [3.05, 3.63) is 83.4 Å². The van der Waals surface area contributed by atoms with Gasteiger partial charge >= 0.3 is 0 Å². The van der Waals surface area contributed by atoms with Crippen molar-refractivity contribution in [1.29, 1.82) is 5.26 Å². The highest BCUT2D eigenvalue weighted by Crippen LogP contribution is 2.30. The molecule has 0 amide bonds. The summed E-state index contributed by atoms with van der Waals surface area (Å²) in [6.45, 7) is 0. The second-order valence-corrected chi connectivity index (χ2v) is 5.65. The van der Waals surface area contributed by atoms with E-state index in [2.05, 4.69) is 35.2 Å². The molecule has 0 spiro atoms. The smallest absolute Gasteiger partial charge is 0.0998 e. The summed E-state index contributed by atoms with van der Waals surface area (Å²) in [7, 11) is 4.09. The van der Waals surface area contributed by atoms with E-state index in [9.17, 15) is 5.26 Å². The van der Waals surface area contributed by atoms with Crippen LogP contribution in [0.5, 0.6) is 0 Å². The predicted octanol–water partition coefficient (Wildman–Crippen LogP) is 4.77. The molecule has 0 aliphatic carbocycles.